The van der Waals surface area contributed by atoms with E-state index in [9.17, 15) is 0 Å². The summed E-state index contributed by atoms with van der Waals surface area (Å²) in [7, 11) is 0. The molecule has 0 aliphatic carbocycles. The molecule has 0 N–H and O–H groups in total. The largest absolute Gasteiger partial charge is 0.219 e. The molecule has 0 saturated carbocycles. The Hall–Kier alpha value is -3.71. The first-order chi connectivity index (χ1) is 15.9. The highest BCUT2D eigenvalue weighted by atomic mass is 15.0. The summed E-state index contributed by atoms with van der Waals surface area (Å²) in [5.41, 5.74) is 9.97. The Morgan fingerprint density at radius 1 is 0.606 bits per heavy atom. The van der Waals surface area contributed by atoms with E-state index in [1.807, 2.05) is 0 Å². The van der Waals surface area contributed by atoms with Crippen molar-refractivity contribution < 1.29 is 4.57 Å². The number of hydrogen-bond acceptors (Lipinski definition) is 0. The average molecular weight is 429 g/mol. The minimum Gasteiger partial charge on any atom is -0.152 e. The fourth-order valence-electron chi connectivity index (χ4n) is 4.66. The van der Waals surface area contributed by atoms with E-state index < -0.39 is 0 Å². The molecule has 5 aromatic rings. The van der Waals surface area contributed by atoms with Crippen LogP contribution < -0.4 is 4.57 Å². The van der Waals surface area contributed by atoms with Gasteiger partial charge in [0.05, 0.1) is 5.39 Å². The third-order valence-corrected chi connectivity index (χ3v) is 6.34. The molecule has 5 rings (SSSR count). The predicted molar refractivity (Wildman–Crippen MR) is 140 cm³/mol. The summed E-state index contributed by atoms with van der Waals surface area (Å²) in [6, 6.07) is 39.6. The zero-order valence-corrected chi connectivity index (χ0v) is 19.8. The zero-order chi connectivity index (χ0) is 23.0. The Kier molecular flexibility index (Phi) is 5.34. The first-order valence-electron chi connectivity index (χ1n) is 11.6. The average Bonchev–Trinajstić information content (AvgIpc) is 2.83. The number of para-hydroxylation sites is 2. The van der Waals surface area contributed by atoms with E-state index in [-0.39, 0.29) is 5.41 Å². The molecule has 0 atom stereocenters. The molecule has 1 heterocycles. The lowest BCUT2D eigenvalue weighted by atomic mass is 9.85. The first-order valence-corrected chi connectivity index (χ1v) is 11.6. The van der Waals surface area contributed by atoms with Crippen molar-refractivity contribution in [3.8, 4) is 28.1 Å². The van der Waals surface area contributed by atoms with E-state index in [4.69, 9.17) is 0 Å². The van der Waals surface area contributed by atoms with Gasteiger partial charge in [0.15, 0.2) is 0 Å². The molecule has 0 saturated heterocycles. The Labute approximate surface area is 197 Å². The molecule has 0 radical (unpaired) electrons. The smallest absolute Gasteiger partial charge is 0.152 e. The van der Waals surface area contributed by atoms with Crippen LogP contribution in [0.2, 0.25) is 0 Å². The topological polar surface area (TPSA) is 3.88 Å². The summed E-state index contributed by atoms with van der Waals surface area (Å²) >= 11 is 0. The molecule has 4 aromatic carbocycles. The minimum absolute atomic E-state index is 0.0212. The Bertz CT molecular complexity index is 1420. The van der Waals surface area contributed by atoms with E-state index in [0.29, 0.717) is 0 Å². The van der Waals surface area contributed by atoms with Gasteiger partial charge in [-0.3, -0.25) is 0 Å². The van der Waals surface area contributed by atoms with E-state index in [2.05, 4.69) is 141 Å². The summed E-state index contributed by atoms with van der Waals surface area (Å²) in [6.45, 7) is 9.01. The third kappa shape index (κ3) is 3.96. The van der Waals surface area contributed by atoms with Crippen LogP contribution in [0.25, 0.3) is 39.0 Å². The van der Waals surface area contributed by atoms with Gasteiger partial charge in [-0.2, -0.15) is 4.57 Å². The normalized spacial score (nSPS) is 11.6. The number of pyridine rings is 1. The first kappa shape index (κ1) is 21.2. The zero-order valence-electron chi connectivity index (χ0n) is 19.8. The number of rotatable bonds is 3. The number of benzene rings is 4. The Morgan fingerprint density at radius 2 is 1.24 bits per heavy atom. The number of fused-ring (bicyclic) bond motifs is 1. The molecule has 0 spiro atoms. The minimum atomic E-state index is 0.0212. The standard InChI is InChI=1S/C32H30N/c1-23-18-20-25(21-19-23)31-22-27(24-12-6-5-7-13-24)26-14-8-10-16-29(26)33(31)30-17-11-9-15-28(30)32(2,3)4/h5-22H,1-4H3/q+1. The van der Waals surface area contributed by atoms with Gasteiger partial charge in [0, 0.05) is 34.9 Å². The van der Waals surface area contributed by atoms with Crippen LogP contribution in [0.4, 0.5) is 0 Å². The SMILES string of the molecule is Cc1ccc(-c2cc(-c3ccccc3)c3ccccc3[n+]2-c2ccccc2C(C)(C)C)cc1. The number of nitrogens with zero attached hydrogens (tertiary/aromatic N) is 1. The molecule has 0 unspecified atom stereocenters. The van der Waals surface area contributed by atoms with Crippen molar-refractivity contribution >= 4 is 10.9 Å². The van der Waals surface area contributed by atoms with Gasteiger partial charge in [-0.1, -0.05) is 99.1 Å². The van der Waals surface area contributed by atoms with Crippen LogP contribution in [0.3, 0.4) is 0 Å². The van der Waals surface area contributed by atoms with Crippen LogP contribution in [-0.4, -0.2) is 0 Å². The fraction of sp³-hybridized carbons (Fsp3) is 0.156. The Morgan fingerprint density at radius 3 is 1.97 bits per heavy atom. The van der Waals surface area contributed by atoms with Crippen molar-refractivity contribution in [3.63, 3.8) is 0 Å². The van der Waals surface area contributed by atoms with Crippen LogP contribution >= 0.6 is 0 Å². The summed E-state index contributed by atoms with van der Waals surface area (Å²) < 4.78 is 2.45. The van der Waals surface area contributed by atoms with E-state index in [0.717, 1.165) is 0 Å². The number of aryl methyl sites for hydroxylation is 1. The van der Waals surface area contributed by atoms with Crippen molar-refractivity contribution in [1.29, 1.82) is 0 Å². The van der Waals surface area contributed by atoms with Gasteiger partial charge in [-0.15, -0.1) is 0 Å². The van der Waals surface area contributed by atoms with Crippen LogP contribution in [0, 0.1) is 6.92 Å². The lowest BCUT2D eigenvalue weighted by Crippen LogP contribution is -2.37. The van der Waals surface area contributed by atoms with E-state index in [1.54, 1.807) is 0 Å². The third-order valence-electron chi connectivity index (χ3n) is 6.34. The maximum absolute atomic E-state index is 2.45. The van der Waals surface area contributed by atoms with E-state index in [1.165, 1.54) is 50.1 Å². The molecule has 0 amide bonds. The van der Waals surface area contributed by atoms with Crippen LogP contribution in [0.5, 0.6) is 0 Å². The number of hydrogen-bond donors (Lipinski definition) is 0. The van der Waals surface area contributed by atoms with Crippen molar-refractivity contribution in [2.75, 3.05) is 0 Å². The molecule has 162 valence electrons. The molecule has 0 aliphatic heterocycles. The summed E-state index contributed by atoms with van der Waals surface area (Å²) in [5, 5.41) is 1.25. The van der Waals surface area contributed by atoms with Gasteiger partial charge < -0.3 is 0 Å². The number of aromatic nitrogens is 1. The quantitative estimate of drug-likeness (QED) is 0.256. The van der Waals surface area contributed by atoms with Crippen molar-refractivity contribution in [3.05, 3.63) is 120 Å². The molecule has 0 aliphatic rings. The van der Waals surface area contributed by atoms with Crippen LogP contribution in [0.15, 0.2) is 109 Å². The second-order valence-corrected chi connectivity index (χ2v) is 9.80. The molecular formula is C32H30N+. The van der Waals surface area contributed by atoms with Gasteiger partial charge in [-0.05, 0) is 36.1 Å². The Balaban J connectivity index is 1.94. The van der Waals surface area contributed by atoms with Crippen LogP contribution in [0.1, 0.15) is 31.9 Å². The van der Waals surface area contributed by atoms with Gasteiger partial charge in [0.1, 0.15) is 0 Å². The molecule has 1 nitrogen and oxygen atoms in total. The molecule has 33 heavy (non-hydrogen) atoms. The highest BCUT2D eigenvalue weighted by Crippen LogP contribution is 2.34. The maximum Gasteiger partial charge on any atom is 0.219 e. The highest BCUT2D eigenvalue weighted by molar-refractivity contribution is 5.94. The fourth-order valence-corrected chi connectivity index (χ4v) is 4.66. The lowest BCUT2D eigenvalue weighted by Gasteiger charge is -2.21. The van der Waals surface area contributed by atoms with Crippen molar-refractivity contribution in [2.24, 2.45) is 0 Å². The monoisotopic (exact) mass is 428 g/mol. The van der Waals surface area contributed by atoms with Crippen LogP contribution in [-0.2, 0) is 5.41 Å². The second-order valence-electron chi connectivity index (χ2n) is 9.80. The van der Waals surface area contributed by atoms with Gasteiger partial charge in [0.25, 0.3) is 0 Å². The second kappa shape index (κ2) is 8.33. The summed E-state index contributed by atoms with van der Waals surface area (Å²) in [4.78, 5) is 0. The molecule has 1 heteroatoms. The van der Waals surface area contributed by atoms with Gasteiger partial charge >= 0.3 is 0 Å². The molecule has 0 bridgehead atoms. The maximum atomic E-state index is 2.45. The molecular weight excluding hydrogens is 398 g/mol. The van der Waals surface area contributed by atoms with Crippen molar-refractivity contribution in [2.45, 2.75) is 33.1 Å². The predicted octanol–water partition coefficient (Wildman–Crippen LogP) is 8.06. The molecule has 0 fully saturated rings. The van der Waals surface area contributed by atoms with Crippen molar-refractivity contribution in [1.82, 2.24) is 0 Å². The summed E-state index contributed by atoms with van der Waals surface area (Å²) in [5.74, 6) is 0. The highest BCUT2D eigenvalue weighted by Gasteiger charge is 2.29. The van der Waals surface area contributed by atoms with E-state index >= 15 is 0 Å². The molecule has 1 aromatic heterocycles. The van der Waals surface area contributed by atoms with Gasteiger partial charge in [0.2, 0.25) is 16.9 Å². The van der Waals surface area contributed by atoms with Gasteiger partial charge in [-0.25, -0.2) is 0 Å². The lowest BCUT2D eigenvalue weighted by molar-refractivity contribution is -0.555. The summed E-state index contributed by atoms with van der Waals surface area (Å²) in [6.07, 6.45) is 0.